The Bertz CT molecular complexity index is 1360. The highest BCUT2D eigenvalue weighted by atomic mass is 16.6. The first-order chi connectivity index (χ1) is 21.4. The Kier molecular flexibility index (Phi) is 10.0. The van der Waals surface area contributed by atoms with E-state index in [1.807, 2.05) is 33.8 Å². The predicted molar refractivity (Wildman–Crippen MR) is 179 cm³/mol. The lowest BCUT2D eigenvalue weighted by atomic mass is 10.0. The van der Waals surface area contributed by atoms with Crippen LogP contribution in [0.15, 0.2) is 18.2 Å². The number of piperidine rings is 1. The van der Waals surface area contributed by atoms with Crippen LogP contribution in [0.5, 0.6) is 0 Å². The van der Waals surface area contributed by atoms with Gasteiger partial charge < -0.3 is 35.8 Å². The number of amides is 2. The van der Waals surface area contributed by atoms with Crippen molar-refractivity contribution in [3.8, 4) is 0 Å². The normalized spacial score (nSPS) is 20.4. The van der Waals surface area contributed by atoms with E-state index in [1.165, 1.54) is 31.6 Å². The molecule has 0 aliphatic carbocycles. The van der Waals surface area contributed by atoms with E-state index in [0.717, 1.165) is 43.9 Å². The highest BCUT2D eigenvalue weighted by Crippen LogP contribution is 2.31. The smallest absolute Gasteiger partial charge is 0.407 e. The van der Waals surface area contributed by atoms with E-state index in [4.69, 9.17) is 15.5 Å². The minimum absolute atomic E-state index is 0.0830. The first-order valence-corrected chi connectivity index (χ1v) is 16.4. The third-order valence-electron chi connectivity index (χ3n) is 9.04. The molecule has 2 amide bonds. The topological polar surface area (TPSA) is 132 Å². The van der Waals surface area contributed by atoms with Crippen LogP contribution in [0.4, 0.5) is 27.8 Å². The number of benzene rings is 1. The van der Waals surface area contributed by atoms with Crippen LogP contribution in [0.1, 0.15) is 68.7 Å². The van der Waals surface area contributed by atoms with E-state index in [1.54, 1.807) is 0 Å². The van der Waals surface area contributed by atoms with E-state index in [9.17, 15) is 9.59 Å². The van der Waals surface area contributed by atoms with Crippen LogP contribution < -0.4 is 26.2 Å². The average Bonchev–Trinajstić information content (AvgIpc) is 3.44. The number of aryl methyl sites for hydroxylation is 2. The van der Waals surface area contributed by atoms with Gasteiger partial charge in [-0.05, 0) is 84.2 Å². The molecule has 12 nitrogen and oxygen atoms in total. The van der Waals surface area contributed by atoms with Crippen molar-refractivity contribution in [3.63, 3.8) is 0 Å². The van der Waals surface area contributed by atoms with Gasteiger partial charge in [0.15, 0.2) is 17.3 Å². The number of nitrogens with two attached hydrogens (primary N) is 1. The number of carbonyl (C=O) groups is 2. The summed E-state index contributed by atoms with van der Waals surface area (Å²) in [6.07, 6.45) is 3.26. The summed E-state index contributed by atoms with van der Waals surface area (Å²) in [5.41, 5.74) is 9.24. The summed E-state index contributed by atoms with van der Waals surface area (Å²) in [4.78, 5) is 44.1. The van der Waals surface area contributed by atoms with E-state index < -0.39 is 17.6 Å². The molecule has 3 aliphatic rings. The maximum Gasteiger partial charge on any atom is 0.407 e. The van der Waals surface area contributed by atoms with E-state index in [0.29, 0.717) is 42.9 Å². The highest BCUT2D eigenvalue weighted by molar-refractivity contribution is 5.96. The quantitative estimate of drug-likeness (QED) is 0.402. The molecule has 0 radical (unpaired) electrons. The molecule has 0 saturated carbocycles. The minimum atomic E-state index is -0.631. The Morgan fingerprint density at radius 3 is 2.31 bits per heavy atom. The van der Waals surface area contributed by atoms with E-state index in [-0.39, 0.29) is 11.7 Å². The van der Waals surface area contributed by atoms with Gasteiger partial charge in [0.1, 0.15) is 5.60 Å². The van der Waals surface area contributed by atoms with Crippen molar-refractivity contribution in [2.75, 3.05) is 74.5 Å². The van der Waals surface area contributed by atoms with E-state index >= 15 is 0 Å². The molecule has 2 aromatic rings. The summed E-state index contributed by atoms with van der Waals surface area (Å²) in [7, 11) is 2.21. The summed E-state index contributed by atoms with van der Waals surface area (Å²) in [6, 6.07) is 6.87. The molecule has 4 heterocycles. The average molecular weight is 622 g/mol. The third-order valence-corrected chi connectivity index (χ3v) is 9.04. The van der Waals surface area contributed by atoms with Crippen molar-refractivity contribution in [3.05, 3.63) is 35.2 Å². The number of carbonyl (C=O) groups excluding carboxylic acids is 2. The molecule has 3 saturated heterocycles. The molecule has 1 aromatic carbocycles. The number of likely N-dealkylation sites (N-methyl/N-ethyl adjacent to an activating group) is 1. The van der Waals surface area contributed by atoms with E-state index in [2.05, 4.69) is 61.3 Å². The van der Waals surface area contributed by atoms with Crippen LogP contribution in [-0.4, -0.2) is 109 Å². The predicted octanol–water partition coefficient (Wildman–Crippen LogP) is 3.51. The van der Waals surface area contributed by atoms with Gasteiger partial charge in [-0.3, -0.25) is 9.69 Å². The molecule has 45 heavy (non-hydrogen) atoms. The molecule has 3 fully saturated rings. The van der Waals surface area contributed by atoms with Gasteiger partial charge in [0.25, 0.3) is 5.91 Å². The number of ether oxygens (including phenoxy) is 1. The van der Waals surface area contributed by atoms with Gasteiger partial charge >= 0.3 is 6.09 Å². The van der Waals surface area contributed by atoms with Crippen molar-refractivity contribution >= 4 is 35.0 Å². The maximum atomic E-state index is 12.5. The van der Waals surface area contributed by atoms with Crippen LogP contribution in [0.25, 0.3) is 0 Å². The number of anilines is 4. The first kappa shape index (κ1) is 32.7. The van der Waals surface area contributed by atoms with Crippen molar-refractivity contribution in [1.29, 1.82) is 0 Å². The number of aromatic nitrogens is 2. The van der Waals surface area contributed by atoms with Crippen molar-refractivity contribution < 1.29 is 14.3 Å². The molecule has 0 unspecified atom stereocenters. The molecule has 1 aromatic heterocycles. The number of piperazine rings is 1. The molecule has 3 aliphatic heterocycles. The maximum absolute atomic E-state index is 12.5. The Labute approximate surface area is 267 Å². The lowest BCUT2D eigenvalue weighted by Gasteiger charge is -2.43. The summed E-state index contributed by atoms with van der Waals surface area (Å²) >= 11 is 0. The minimum Gasteiger partial charge on any atom is -0.444 e. The molecular formula is C33H51N9O3. The molecule has 4 N–H and O–H groups in total. The Hall–Kier alpha value is -3.64. The SMILES string of the molecule is CCc1nc(C(N)=O)c(Nc2ccc(N3CCC(N4CCN(C)CC4)CC3)c(C)c2)nc1N1CC[C@@H](NC(=O)OC(C)(C)C)C1. The fourth-order valence-corrected chi connectivity index (χ4v) is 6.64. The standard InChI is InChI=1S/C33H51N9O3/c1-7-26-31(42-13-10-24(21-42)36-32(44)45-33(3,4)5)38-30(28(37-26)29(34)43)35-23-8-9-27(22(2)20-23)41-14-11-25(12-15-41)40-18-16-39(6)17-19-40/h8-9,20,24-25H,7,10-19,21H2,1-6H3,(H2,34,43)(H,35,38)(H,36,44)/t24-/m1/s1. The fraction of sp³-hybridized carbons (Fsp3) is 0.636. The number of rotatable bonds is 8. The Balaban J connectivity index is 1.27. The number of nitrogens with zero attached hydrogens (tertiary/aromatic N) is 6. The lowest BCUT2D eigenvalue weighted by Crippen LogP contribution is -2.52. The van der Waals surface area contributed by atoms with Crippen molar-refractivity contribution in [1.82, 2.24) is 25.1 Å². The van der Waals surface area contributed by atoms with Crippen LogP contribution in [0, 0.1) is 6.92 Å². The van der Waals surface area contributed by atoms with Crippen LogP contribution in [-0.2, 0) is 11.2 Å². The first-order valence-electron chi connectivity index (χ1n) is 16.4. The Morgan fingerprint density at radius 2 is 1.69 bits per heavy atom. The summed E-state index contributed by atoms with van der Waals surface area (Å²) < 4.78 is 5.44. The second-order valence-corrected chi connectivity index (χ2v) is 13.7. The van der Waals surface area contributed by atoms with Crippen LogP contribution in [0.3, 0.4) is 0 Å². The van der Waals surface area contributed by atoms with Crippen molar-refractivity contribution in [2.24, 2.45) is 5.73 Å². The molecule has 12 heteroatoms. The molecule has 0 spiro atoms. The fourth-order valence-electron chi connectivity index (χ4n) is 6.64. The van der Waals surface area contributed by atoms with Gasteiger partial charge in [0.2, 0.25) is 0 Å². The van der Waals surface area contributed by atoms with Crippen LogP contribution in [0.2, 0.25) is 0 Å². The molecule has 246 valence electrons. The summed E-state index contributed by atoms with van der Waals surface area (Å²) in [5, 5.41) is 6.31. The third kappa shape index (κ3) is 8.15. The molecular weight excluding hydrogens is 570 g/mol. The van der Waals surface area contributed by atoms with Gasteiger partial charge in [-0.25, -0.2) is 14.8 Å². The second-order valence-electron chi connectivity index (χ2n) is 13.7. The highest BCUT2D eigenvalue weighted by Gasteiger charge is 2.30. The molecule has 5 rings (SSSR count). The zero-order valence-corrected chi connectivity index (χ0v) is 27.9. The van der Waals surface area contributed by atoms with Crippen molar-refractivity contribution in [2.45, 2.75) is 78.0 Å². The number of hydrogen-bond acceptors (Lipinski definition) is 10. The van der Waals surface area contributed by atoms with Gasteiger partial charge in [-0.1, -0.05) is 6.92 Å². The number of nitrogens with one attached hydrogen (secondary N) is 2. The zero-order valence-electron chi connectivity index (χ0n) is 27.9. The monoisotopic (exact) mass is 621 g/mol. The van der Waals surface area contributed by atoms with Gasteiger partial charge in [0.05, 0.1) is 11.7 Å². The largest absolute Gasteiger partial charge is 0.444 e. The lowest BCUT2D eigenvalue weighted by molar-refractivity contribution is 0.0508. The number of alkyl carbamates (subject to hydrolysis) is 1. The number of hydrogen-bond donors (Lipinski definition) is 3. The summed E-state index contributed by atoms with van der Waals surface area (Å²) in [6.45, 7) is 17.6. The zero-order chi connectivity index (χ0) is 32.3. The van der Waals surface area contributed by atoms with Gasteiger partial charge in [0, 0.05) is 69.8 Å². The van der Waals surface area contributed by atoms with Gasteiger partial charge in [-0.2, -0.15) is 0 Å². The Morgan fingerprint density at radius 1 is 1.00 bits per heavy atom. The van der Waals surface area contributed by atoms with Gasteiger partial charge in [-0.15, -0.1) is 0 Å². The number of primary amides is 1. The van der Waals surface area contributed by atoms with Crippen LogP contribution >= 0.6 is 0 Å². The second kappa shape index (κ2) is 13.8. The molecule has 1 atom stereocenters. The summed E-state index contributed by atoms with van der Waals surface area (Å²) in [5.74, 6) is 0.391. The molecule has 0 bridgehead atoms.